The fourth-order valence-corrected chi connectivity index (χ4v) is 3.35. The Morgan fingerprint density at radius 3 is 2.29 bits per heavy atom. The Hall–Kier alpha value is -1.50. The van der Waals surface area contributed by atoms with Gasteiger partial charge < -0.3 is 5.11 Å². The maximum absolute atomic E-state index is 11.9. The molecular formula is C10H14N2O4S. The highest BCUT2D eigenvalue weighted by Gasteiger charge is 2.35. The molecule has 0 saturated carbocycles. The van der Waals surface area contributed by atoms with Crippen molar-refractivity contribution in [3.05, 3.63) is 24.3 Å². The number of carboxylic acid groups (broad SMARTS) is 1. The smallest absolute Gasteiger partial charge is 0.322 e. The summed E-state index contributed by atoms with van der Waals surface area (Å²) in [5.41, 5.74) is 0. The van der Waals surface area contributed by atoms with Crippen LogP contribution in [0.3, 0.4) is 0 Å². The first-order valence-electron chi connectivity index (χ1n) is 5.05. The summed E-state index contributed by atoms with van der Waals surface area (Å²) in [4.78, 5) is 18.5. The van der Waals surface area contributed by atoms with E-state index in [-0.39, 0.29) is 5.82 Å². The molecule has 1 rings (SSSR count). The molecule has 17 heavy (non-hydrogen) atoms. The Balaban J connectivity index is 2.99. The van der Waals surface area contributed by atoms with Gasteiger partial charge in [0.05, 0.1) is 0 Å². The van der Waals surface area contributed by atoms with Gasteiger partial charge in [-0.1, -0.05) is 13.8 Å². The number of rotatable bonds is 5. The molecule has 0 aliphatic rings. The van der Waals surface area contributed by atoms with Crippen LogP contribution in [-0.2, 0) is 20.4 Å². The molecule has 1 atom stereocenters. The summed E-state index contributed by atoms with van der Waals surface area (Å²) in [6, 6.07) is 1.56. The molecule has 1 heterocycles. The fourth-order valence-electron chi connectivity index (χ4n) is 1.53. The minimum Gasteiger partial charge on any atom is -0.480 e. The highest BCUT2D eigenvalue weighted by Crippen LogP contribution is 2.16. The van der Waals surface area contributed by atoms with E-state index in [1.54, 1.807) is 19.9 Å². The second-order valence-corrected chi connectivity index (χ2v) is 6.10. The van der Waals surface area contributed by atoms with E-state index in [0.717, 1.165) is 0 Å². The fraction of sp³-hybridized carbons (Fsp3) is 0.500. The van der Waals surface area contributed by atoms with Crippen LogP contribution in [0.1, 0.15) is 19.7 Å². The Morgan fingerprint density at radius 1 is 1.35 bits per heavy atom. The van der Waals surface area contributed by atoms with Crippen molar-refractivity contribution in [2.45, 2.75) is 24.9 Å². The summed E-state index contributed by atoms with van der Waals surface area (Å²) in [6.45, 7) is 3.12. The standard InChI is InChI=1S/C10H14N2O4S/c1-7(2)9(10(13)14)17(15,16)6-8-11-4-3-5-12-8/h3-5,7,9H,6H2,1-2H3,(H,13,14). The molecule has 0 fully saturated rings. The van der Waals surface area contributed by atoms with Crippen molar-refractivity contribution in [3.8, 4) is 0 Å². The van der Waals surface area contributed by atoms with Gasteiger partial charge in [0.25, 0.3) is 0 Å². The first-order chi connectivity index (χ1) is 7.84. The third-order valence-electron chi connectivity index (χ3n) is 2.19. The van der Waals surface area contributed by atoms with E-state index in [1.807, 2.05) is 0 Å². The van der Waals surface area contributed by atoms with Crippen molar-refractivity contribution in [2.24, 2.45) is 5.92 Å². The summed E-state index contributed by atoms with van der Waals surface area (Å²) in [5.74, 6) is -2.18. The normalized spacial score (nSPS) is 13.6. The van der Waals surface area contributed by atoms with Crippen LogP contribution in [0.25, 0.3) is 0 Å². The number of hydrogen-bond acceptors (Lipinski definition) is 5. The summed E-state index contributed by atoms with van der Waals surface area (Å²) < 4.78 is 23.8. The highest BCUT2D eigenvalue weighted by atomic mass is 32.2. The average Bonchev–Trinajstić information content (AvgIpc) is 2.15. The number of nitrogens with zero attached hydrogens (tertiary/aromatic N) is 2. The van der Waals surface area contributed by atoms with Gasteiger partial charge in [0, 0.05) is 12.4 Å². The quantitative estimate of drug-likeness (QED) is 0.826. The maximum atomic E-state index is 11.9. The Bertz CT molecular complexity index is 484. The zero-order valence-corrected chi connectivity index (χ0v) is 10.4. The van der Waals surface area contributed by atoms with Gasteiger partial charge >= 0.3 is 5.97 Å². The minimum atomic E-state index is -3.80. The lowest BCUT2D eigenvalue weighted by Gasteiger charge is -2.16. The third-order valence-corrected chi connectivity index (χ3v) is 4.37. The molecular weight excluding hydrogens is 244 g/mol. The average molecular weight is 258 g/mol. The van der Waals surface area contributed by atoms with Crippen LogP contribution in [0.2, 0.25) is 0 Å². The molecule has 6 nitrogen and oxygen atoms in total. The van der Waals surface area contributed by atoms with Crippen molar-refractivity contribution >= 4 is 15.8 Å². The topological polar surface area (TPSA) is 97.2 Å². The summed E-state index contributed by atoms with van der Waals surface area (Å²) in [6.07, 6.45) is 2.84. The van der Waals surface area contributed by atoms with Crippen molar-refractivity contribution in [1.29, 1.82) is 0 Å². The summed E-state index contributed by atoms with van der Waals surface area (Å²) in [7, 11) is -3.80. The predicted octanol–water partition coefficient (Wildman–Crippen LogP) is 0.501. The SMILES string of the molecule is CC(C)C(C(=O)O)S(=O)(=O)Cc1ncccn1. The predicted molar refractivity (Wildman–Crippen MR) is 60.9 cm³/mol. The maximum Gasteiger partial charge on any atom is 0.322 e. The molecule has 0 aromatic carbocycles. The number of carbonyl (C=O) groups is 1. The van der Waals surface area contributed by atoms with Gasteiger partial charge in [-0.3, -0.25) is 4.79 Å². The van der Waals surface area contributed by atoms with Gasteiger partial charge in [-0.05, 0) is 12.0 Å². The van der Waals surface area contributed by atoms with E-state index in [2.05, 4.69) is 9.97 Å². The lowest BCUT2D eigenvalue weighted by Crippen LogP contribution is -2.36. The zero-order chi connectivity index (χ0) is 13.1. The molecule has 1 aromatic rings. The van der Waals surface area contributed by atoms with Crippen molar-refractivity contribution in [2.75, 3.05) is 0 Å². The van der Waals surface area contributed by atoms with Gasteiger partial charge in [0.15, 0.2) is 15.1 Å². The molecule has 1 unspecified atom stereocenters. The number of carboxylic acids is 1. The number of hydrogen-bond donors (Lipinski definition) is 1. The van der Waals surface area contributed by atoms with E-state index in [1.165, 1.54) is 12.4 Å². The number of sulfone groups is 1. The van der Waals surface area contributed by atoms with Gasteiger partial charge in [-0.2, -0.15) is 0 Å². The minimum absolute atomic E-state index is 0.111. The van der Waals surface area contributed by atoms with Gasteiger partial charge in [0.2, 0.25) is 0 Å². The van der Waals surface area contributed by atoms with Crippen LogP contribution in [0.4, 0.5) is 0 Å². The molecule has 0 aliphatic heterocycles. The van der Waals surface area contributed by atoms with Crippen molar-refractivity contribution in [1.82, 2.24) is 9.97 Å². The lowest BCUT2D eigenvalue weighted by molar-refractivity contribution is -0.137. The molecule has 0 amide bonds. The zero-order valence-electron chi connectivity index (χ0n) is 9.57. The summed E-state index contributed by atoms with van der Waals surface area (Å²) in [5, 5.41) is 7.51. The monoisotopic (exact) mass is 258 g/mol. The second kappa shape index (κ2) is 5.22. The van der Waals surface area contributed by atoms with E-state index in [9.17, 15) is 13.2 Å². The van der Waals surface area contributed by atoms with E-state index in [4.69, 9.17) is 5.11 Å². The van der Waals surface area contributed by atoms with E-state index in [0.29, 0.717) is 0 Å². The molecule has 7 heteroatoms. The van der Waals surface area contributed by atoms with Crippen molar-refractivity contribution in [3.63, 3.8) is 0 Å². The largest absolute Gasteiger partial charge is 0.480 e. The number of aliphatic carboxylic acids is 1. The van der Waals surface area contributed by atoms with Gasteiger partial charge in [-0.15, -0.1) is 0 Å². The highest BCUT2D eigenvalue weighted by molar-refractivity contribution is 7.92. The third kappa shape index (κ3) is 3.48. The molecule has 1 aromatic heterocycles. The van der Waals surface area contributed by atoms with Gasteiger partial charge in [-0.25, -0.2) is 18.4 Å². The van der Waals surface area contributed by atoms with Crippen LogP contribution in [0, 0.1) is 5.92 Å². The van der Waals surface area contributed by atoms with E-state index >= 15 is 0 Å². The van der Waals surface area contributed by atoms with Gasteiger partial charge in [0.1, 0.15) is 11.6 Å². The molecule has 0 bridgehead atoms. The first-order valence-corrected chi connectivity index (χ1v) is 6.76. The van der Waals surface area contributed by atoms with Crippen molar-refractivity contribution < 1.29 is 18.3 Å². The molecule has 0 aliphatic carbocycles. The lowest BCUT2D eigenvalue weighted by atomic mass is 10.1. The van der Waals surface area contributed by atoms with Crippen LogP contribution in [-0.4, -0.2) is 34.7 Å². The molecule has 0 saturated heterocycles. The molecule has 1 N–H and O–H groups in total. The number of aromatic nitrogens is 2. The Morgan fingerprint density at radius 2 is 1.88 bits per heavy atom. The Labute approximate surface area is 99.6 Å². The van der Waals surface area contributed by atoms with Crippen LogP contribution in [0.5, 0.6) is 0 Å². The van der Waals surface area contributed by atoms with Crippen LogP contribution >= 0.6 is 0 Å². The van der Waals surface area contributed by atoms with Crippen LogP contribution < -0.4 is 0 Å². The van der Waals surface area contributed by atoms with Crippen LogP contribution in [0.15, 0.2) is 18.5 Å². The molecule has 0 radical (unpaired) electrons. The van der Waals surface area contributed by atoms with E-state index < -0.39 is 32.7 Å². The molecule has 0 spiro atoms. The summed E-state index contributed by atoms with van der Waals surface area (Å²) >= 11 is 0. The second-order valence-electron chi connectivity index (χ2n) is 3.98. The Kier molecular flexibility index (Phi) is 4.17. The molecule has 94 valence electrons. The first kappa shape index (κ1) is 13.6.